The van der Waals surface area contributed by atoms with Crippen LogP contribution in [0.3, 0.4) is 0 Å². The van der Waals surface area contributed by atoms with Crippen LogP contribution >= 0.6 is 24.0 Å². The van der Waals surface area contributed by atoms with Gasteiger partial charge in [0.2, 0.25) is 0 Å². The molecule has 0 saturated carbocycles. The van der Waals surface area contributed by atoms with Crippen molar-refractivity contribution in [2.45, 2.75) is 32.6 Å². The number of anilines is 1. The van der Waals surface area contributed by atoms with Gasteiger partial charge in [0.05, 0.1) is 19.8 Å². The minimum Gasteiger partial charge on any atom is -0.490 e. The maximum atomic E-state index is 6.09. The molecule has 0 saturated heterocycles. The molecule has 0 fully saturated rings. The maximum Gasteiger partial charge on any atom is 0.193 e. The summed E-state index contributed by atoms with van der Waals surface area (Å²) in [5.41, 5.74) is 9.33. The van der Waals surface area contributed by atoms with Gasteiger partial charge in [0.1, 0.15) is 0 Å². The first-order chi connectivity index (χ1) is 12.4. The largest absolute Gasteiger partial charge is 0.490 e. The molecule has 3 rings (SSSR count). The van der Waals surface area contributed by atoms with Crippen LogP contribution in [0.25, 0.3) is 0 Å². The Balaban J connectivity index is 0.00000261. The van der Waals surface area contributed by atoms with E-state index in [4.69, 9.17) is 15.2 Å². The van der Waals surface area contributed by atoms with Crippen LogP contribution in [-0.2, 0) is 5.41 Å². The van der Waals surface area contributed by atoms with E-state index in [0.717, 1.165) is 23.6 Å². The Morgan fingerprint density at radius 3 is 2.44 bits per heavy atom. The van der Waals surface area contributed by atoms with Crippen molar-refractivity contribution in [3.8, 4) is 11.5 Å². The van der Waals surface area contributed by atoms with Gasteiger partial charge < -0.3 is 20.5 Å². The number of guanidine groups is 1. The van der Waals surface area contributed by atoms with E-state index in [1.54, 1.807) is 0 Å². The molecule has 6 heteroatoms. The molecular weight excluding hydrogens is 453 g/mol. The third-order valence-corrected chi connectivity index (χ3v) is 4.50. The number of aliphatic imine (C=N–C) groups is 1. The van der Waals surface area contributed by atoms with Crippen LogP contribution in [0.5, 0.6) is 11.5 Å². The van der Waals surface area contributed by atoms with Gasteiger partial charge in [-0.05, 0) is 24.6 Å². The van der Waals surface area contributed by atoms with Crippen molar-refractivity contribution in [2.75, 3.05) is 25.1 Å². The summed E-state index contributed by atoms with van der Waals surface area (Å²) in [6.45, 7) is 8.36. The monoisotopic (exact) mass is 481 g/mol. The Hall–Kier alpha value is -1.96. The molecule has 146 valence electrons. The number of benzene rings is 2. The first kappa shape index (κ1) is 21.3. The molecule has 1 heterocycles. The summed E-state index contributed by atoms with van der Waals surface area (Å²) in [5, 5.41) is 3.14. The highest BCUT2D eigenvalue weighted by molar-refractivity contribution is 14.0. The molecule has 0 aliphatic carbocycles. The van der Waals surface area contributed by atoms with E-state index in [2.05, 4.69) is 55.3 Å². The summed E-state index contributed by atoms with van der Waals surface area (Å²) >= 11 is 0. The lowest BCUT2D eigenvalue weighted by Gasteiger charge is -2.23. The van der Waals surface area contributed by atoms with Crippen LogP contribution in [0.2, 0.25) is 0 Å². The lowest BCUT2D eigenvalue weighted by molar-refractivity contribution is 0.297. The standard InChI is InChI=1S/C21H27N3O2.HI/c1-15-5-7-16(8-6-15)21(2,3)14-23-20(22)24-17-9-10-18-19(13-17)26-12-4-11-25-18;/h5-10,13H,4,11-12,14H2,1-3H3,(H3,22,23,24);1H. The normalized spacial score (nSPS) is 14.1. The van der Waals surface area contributed by atoms with Gasteiger partial charge in [-0.15, -0.1) is 24.0 Å². The average molecular weight is 481 g/mol. The topological polar surface area (TPSA) is 68.9 Å². The van der Waals surface area contributed by atoms with E-state index in [-0.39, 0.29) is 29.4 Å². The number of ether oxygens (including phenoxy) is 2. The van der Waals surface area contributed by atoms with Crippen molar-refractivity contribution in [2.24, 2.45) is 10.7 Å². The smallest absolute Gasteiger partial charge is 0.193 e. The van der Waals surface area contributed by atoms with Gasteiger partial charge >= 0.3 is 0 Å². The molecular formula is C21H28IN3O2. The number of hydrogen-bond acceptors (Lipinski definition) is 3. The zero-order chi connectivity index (χ0) is 18.6. The molecule has 0 aromatic heterocycles. The van der Waals surface area contributed by atoms with Gasteiger partial charge in [0.25, 0.3) is 0 Å². The summed E-state index contributed by atoms with van der Waals surface area (Å²) in [5.74, 6) is 1.89. The van der Waals surface area contributed by atoms with Gasteiger partial charge in [-0.1, -0.05) is 43.7 Å². The molecule has 27 heavy (non-hydrogen) atoms. The third kappa shape index (κ3) is 5.76. The number of nitrogens with one attached hydrogen (secondary N) is 1. The Bertz CT molecular complexity index is 789. The quantitative estimate of drug-likeness (QED) is 0.384. The number of aryl methyl sites for hydroxylation is 1. The highest BCUT2D eigenvalue weighted by atomic mass is 127. The van der Waals surface area contributed by atoms with Crippen LogP contribution in [0, 0.1) is 6.92 Å². The number of rotatable bonds is 4. The third-order valence-electron chi connectivity index (χ3n) is 4.50. The fourth-order valence-electron chi connectivity index (χ4n) is 2.81. The molecule has 0 bridgehead atoms. The van der Waals surface area contributed by atoms with Crippen molar-refractivity contribution in [1.29, 1.82) is 0 Å². The number of nitrogens with zero attached hydrogens (tertiary/aromatic N) is 1. The van der Waals surface area contributed by atoms with Crippen LogP contribution < -0.4 is 20.5 Å². The van der Waals surface area contributed by atoms with Crippen molar-refractivity contribution < 1.29 is 9.47 Å². The van der Waals surface area contributed by atoms with Crippen molar-refractivity contribution in [3.05, 3.63) is 53.6 Å². The van der Waals surface area contributed by atoms with Crippen molar-refractivity contribution in [3.63, 3.8) is 0 Å². The number of hydrogen-bond donors (Lipinski definition) is 2. The fourth-order valence-corrected chi connectivity index (χ4v) is 2.81. The number of nitrogens with two attached hydrogens (primary N) is 1. The molecule has 3 N–H and O–H groups in total. The summed E-state index contributed by atoms with van der Waals surface area (Å²) in [6, 6.07) is 14.3. The minimum absolute atomic E-state index is 0. The number of fused-ring (bicyclic) bond motifs is 1. The van der Waals surface area contributed by atoms with Crippen LogP contribution in [0.15, 0.2) is 47.5 Å². The van der Waals surface area contributed by atoms with Gasteiger partial charge in [-0.3, -0.25) is 4.99 Å². The molecule has 0 amide bonds. The zero-order valence-electron chi connectivity index (χ0n) is 16.1. The Morgan fingerprint density at radius 2 is 1.74 bits per heavy atom. The van der Waals surface area contributed by atoms with E-state index >= 15 is 0 Å². The van der Waals surface area contributed by atoms with Gasteiger partial charge in [0.15, 0.2) is 17.5 Å². The lowest BCUT2D eigenvalue weighted by Crippen LogP contribution is -2.27. The van der Waals surface area contributed by atoms with E-state index in [9.17, 15) is 0 Å². The molecule has 0 atom stereocenters. The van der Waals surface area contributed by atoms with E-state index in [0.29, 0.717) is 25.7 Å². The predicted octanol–water partition coefficient (Wildman–Crippen LogP) is 4.48. The van der Waals surface area contributed by atoms with E-state index < -0.39 is 0 Å². The Labute approximate surface area is 178 Å². The second-order valence-electron chi connectivity index (χ2n) is 7.29. The Morgan fingerprint density at radius 1 is 1.07 bits per heavy atom. The molecule has 2 aromatic carbocycles. The van der Waals surface area contributed by atoms with Crippen molar-refractivity contribution >= 4 is 35.6 Å². The summed E-state index contributed by atoms with van der Waals surface area (Å²) in [4.78, 5) is 4.53. The highest BCUT2D eigenvalue weighted by Gasteiger charge is 2.20. The maximum absolute atomic E-state index is 6.09. The van der Waals surface area contributed by atoms with Crippen molar-refractivity contribution in [1.82, 2.24) is 0 Å². The molecule has 2 aromatic rings. The van der Waals surface area contributed by atoms with Gasteiger partial charge in [0, 0.05) is 23.6 Å². The van der Waals surface area contributed by atoms with Gasteiger partial charge in [-0.25, -0.2) is 0 Å². The minimum atomic E-state index is -0.0925. The fraction of sp³-hybridized carbons (Fsp3) is 0.381. The summed E-state index contributed by atoms with van der Waals surface area (Å²) in [6.07, 6.45) is 0.884. The molecule has 0 radical (unpaired) electrons. The number of halogens is 1. The molecule has 5 nitrogen and oxygen atoms in total. The predicted molar refractivity (Wildman–Crippen MR) is 122 cm³/mol. The lowest BCUT2D eigenvalue weighted by atomic mass is 9.84. The molecule has 1 aliphatic heterocycles. The average Bonchev–Trinajstić information content (AvgIpc) is 2.85. The van der Waals surface area contributed by atoms with Gasteiger partial charge in [-0.2, -0.15) is 0 Å². The van der Waals surface area contributed by atoms with Crippen LogP contribution in [0.4, 0.5) is 5.69 Å². The second kappa shape index (κ2) is 9.30. The molecule has 0 unspecified atom stereocenters. The first-order valence-electron chi connectivity index (χ1n) is 8.98. The van der Waals surface area contributed by atoms with E-state index in [1.165, 1.54) is 11.1 Å². The van der Waals surface area contributed by atoms with E-state index in [1.807, 2.05) is 18.2 Å². The molecule has 0 spiro atoms. The first-order valence-corrected chi connectivity index (χ1v) is 8.98. The van der Waals surface area contributed by atoms with Crippen LogP contribution in [-0.4, -0.2) is 25.7 Å². The Kier molecular flexibility index (Phi) is 7.35. The SMILES string of the molecule is Cc1ccc(C(C)(C)CN=C(N)Nc2ccc3c(c2)OCCCO3)cc1.I. The van der Waals surface area contributed by atoms with Crippen LogP contribution in [0.1, 0.15) is 31.4 Å². The highest BCUT2D eigenvalue weighted by Crippen LogP contribution is 2.32. The summed E-state index contributed by atoms with van der Waals surface area (Å²) < 4.78 is 11.4. The molecule has 1 aliphatic rings. The summed E-state index contributed by atoms with van der Waals surface area (Å²) in [7, 11) is 0. The second-order valence-corrected chi connectivity index (χ2v) is 7.29. The zero-order valence-corrected chi connectivity index (χ0v) is 18.4.